The summed E-state index contributed by atoms with van der Waals surface area (Å²) in [7, 11) is 0. The van der Waals surface area contributed by atoms with Crippen molar-refractivity contribution in [3.8, 4) is 0 Å². The van der Waals surface area contributed by atoms with E-state index in [1.165, 1.54) is 154 Å². The van der Waals surface area contributed by atoms with Gasteiger partial charge in [-0.05, 0) is 19.3 Å². The van der Waals surface area contributed by atoms with Crippen LogP contribution in [-0.4, -0.2) is 458 Å². The first-order valence-corrected chi connectivity index (χ1v) is 53.0. The van der Waals surface area contributed by atoms with E-state index in [0.29, 0.717) is 12.8 Å². The molecule has 8 heterocycles. The molecule has 0 radical (unpaired) electrons. The lowest BCUT2D eigenvalue weighted by molar-refractivity contribution is -0.389. The maximum absolute atomic E-state index is 13.7. The number of carbonyl (C=O) groups is 4. The third-order valence-electron chi connectivity index (χ3n) is 28.3. The van der Waals surface area contributed by atoms with Gasteiger partial charge >= 0.3 is 0 Å². The summed E-state index contributed by atoms with van der Waals surface area (Å²) in [5.74, 6) is -3.15. The van der Waals surface area contributed by atoms with E-state index in [1.807, 2.05) is 6.08 Å². The molecular weight excluding hydrogens is 1920 g/mol. The van der Waals surface area contributed by atoms with Gasteiger partial charge in [0, 0.05) is 27.2 Å². The molecule has 47 heteroatoms. The molecule has 8 saturated heterocycles. The highest BCUT2D eigenvalue weighted by Crippen LogP contribution is 2.40. The zero-order chi connectivity index (χ0) is 106. The Balaban J connectivity index is 0.945. The van der Waals surface area contributed by atoms with E-state index < -0.39 is 335 Å². The molecule has 0 bridgehead atoms. The number of aliphatic hydroxyl groups excluding tert-OH is 23. The van der Waals surface area contributed by atoms with Crippen LogP contribution < -0.4 is 21.3 Å². The lowest BCUT2D eigenvalue weighted by Gasteiger charge is -2.51. The van der Waals surface area contributed by atoms with Gasteiger partial charge in [0.2, 0.25) is 23.6 Å². The fourth-order valence-corrected chi connectivity index (χ4v) is 19.8. The van der Waals surface area contributed by atoms with Gasteiger partial charge in [-0.3, -0.25) is 19.2 Å². The van der Waals surface area contributed by atoms with Crippen molar-refractivity contribution < 1.29 is 212 Å². The minimum atomic E-state index is -2.48. The molecule has 27 N–H and O–H groups in total. The first-order valence-electron chi connectivity index (χ1n) is 53.0. The zero-order valence-corrected chi connectivity index (χ0v) is 84.7. The number of amides is 4. The van der Waals surface area contributed by atoms with E-state index in [2.05, 4.69) is 35.1 Å². The Kier molecular flexibility index (Phi) is 58.3. The summed E-state index contributed by atoms with van der Waals surface area (Å²) in [6, 6.07) is -6.85. The van der Waals surface area contributed by atoms with Crippen LogP contribution in [0.4, 0.5) is 0 Å². The Morgan fingerprint density at radius 1 is 0.276 bits per heavy atom. The number of carbonyl (C=O) groups excluding carboxylic acids is 4. The molecule has 16 unspecified atom stereocenters. The highest BCUT2D eigenvalue weighted by atomic mass is 16.8. The van der Waals surface area contributed by atoms with Gasteiger partial charge < -0.3 is 215 Å². The number of unbranched alkanes of at least 4 members (excludes halogenated alkanes) is 33. The molecule has 0 aromatic heterocycles. The fraction of sp³-hybridized carbons (Fsp3) is 0.939. The van der Waals surface area contributed by atoms with Crippen molar-refractivity contribution in [3.05, 3.63) is 12.2 Å². The van der Waals surface area contributed by atoms with Gasteiger partial charge in [-0.15, -0.1) is 0 Å². The fourth-order valence-electron chi connectivity index (χ4n) is 19.8. The molecule has 0 spiro atoms. The van der Waals surface area contributed by atoms with Crippen molar-refractivity contribution in [1.29, 1.82) is 0 Å². The summed E-state index contributed by atoms with van der Waals surface area (Å²) in [4.78, 5) is 53.1. The Bertz CT molecular complexity index is 3550. The van der Waals surface area contributed by atoms with Crippen molar-refractivity contribution in [1.82, 2.24) is 21.3 Å². The second kappa shape index (κ2) is 67.0. The van der Waals surface area contributed by atoms with E-state index in [-0.39, 0.29) is 12.3 Å². The Hall–Kier alpha value is -3.94. The molecule has 4 amide bonds. The van der Waals surface area contributed by atoms with Crippen LogP contribution in [0, 0.1) is 0 Å². The van der Waals surface area contributed by atoms with E-state index in [0.717, 1.165) is 78.6 Å². The van der Waals surface area contributed by atoms with Crippen molar-refractivity contribution in [3.63, 3.8) is 0 Å². The third-order valence-corrected chi connectivity index (χ3v) is 28.3. The van der Waals surface area contributed by atoms with Crippen LogP contribution >= 0.6 is 0 Å². The normalized spacial score (nSPS) is 37.8. The minimum Gasteiger partial charge on any atom is -0.394 e. The maximum Gasteiger partial charge on any atom is 0.220 e. The van der Waals surface area contributed by atoms with Gasteiger partial charge in [0.05, 0.1) is 71.6 Å². The summed E-state index contributed by atoms with van der Waals surface area (Å²) in [5, 5.41) is 270. The monoisotopic (exact) mass is 2100 g/mol. The molecule has 42 atom stereocenters. The molecule has 145 heavy (non-hydrogen) atoms. The summed E-state index contributed by atoms with van der Waals surface area (Å²) in [6.07, 6.45) is -31.2. The SMILES string of the molecule is CCCCCCCCCCCCC/C=C/[C@@H](O)[C@H](CO[C@@H]1OC(CO)[C@@H](O[C@@H]2OC(CO)[C@H](O)[C@H](O[C@@H]3OC(CO)[C@@H](O[C@@H]4OC(CO[C@@H]5OC(CO)[C@@H](O[C@@H]6OC(CO)[C@H](O)[C@H](O)C6O)[C@H](O)C5NC(C)=O)[C@H](O)[C@H](O[C@@H]5OC(CO)[C@@H](O[C@@H]6OC(CO)[C@H](O)[C@H](O)C6O)[C@H](O)C5NC(C)=O)C4O)[C@H](O)C3NC(C)=O)C2O)[C@H](O)C1O)NC(=O)CCCCCCCCCCCCCCCCCCCCCCCCC. The molecule has 0 aromatic carbocycles. The van der Waals surface area contributed by atoms with Crippen LogP contribution in [0.2, 0.25) is 0 Å². The average Bonchev–Trinajstić information content (AvgIpc) is 0.758. The maximum atomic E-state index is 13.7. The number of allylic oxidation sites excluding steroid dienone is 1. The number of nitrogens with one attached hydrogen (secondary N) is 4. The molecule has 8 aliphatic rings. The minimum absolute atomic E-state index is 0.142. The number of aliphatic hydroxyl groups is 23. The van der Waals surface area contributed by atoms with Crippen molar-refractivity contribution >= 4 is 23.6 Å². The van der Waals surface area contributed by atoms with Crippen LogP contribution in [0.1, 0.15) is 266 Å². The second-order valence-electron chi connectivity index (χ2n) is 39.9. The molecule has 0 aliphatic carbocycles. The Labute approximate surface area is 848 Å². The molecular formula is C98H176N4O43. The van der Waals surface area contributed by atoms with E-state index in [4.69, 9.17) is 75.8 Å². The first-order chi connectivity index (χ1) is 69.6. The van der Waals surface area contributed by atoms with Crippen LogP contribution in [0.3, 0.4) is 0 Å². The molecule has 47 nitrogen and oxygen atoms in total. The lowest BCUT2D eigenvalue weighted by atomic mass is 9.93. The van der Waals surface area contributed by atoms with Crippen LogP contribution in [-0.2, 0) is 95.0 Å². The Morgan fingerprint density at radius 2 is 0.545 bits per heavy atom. The van der Waals surface area contributed by atoms with Crippen LogP contribution in [0.5, 0.6) is 0 Å². The first kappa shape index (κ1) is 126. The number of rotatable bonds is 67. The standard InChI is InChI=1S/C98H176N4O43/c1-6-8-10-12-14-16-18-20-21-22-23-24-25-26-27-28-29-31-33-35-37-39-41-43-66(114)102-56(57(113)42-40-38-36-34-32-30-19-17-15-13-11-9-7-2)51-130-94-82(127)79(124)88(64(50-109)138-94)143-97-83(128)89(72(117)60(46-105)134-97)144-92-69(101-55(5)112)76(121)87(63(49-108)137-92)142-98-84(129)90(145-93-68(100-54(4)111)75(120)86(62(48-107)136-93)141-96-81(126)78(123)71(116)59(45-104)133-96)73(118)65(139-98)52-131-91-67(99-53(3)110)74(119)85(61(47-106)135-91)140-95-80(125)77(122)70(115)58(44-103)132-95/h40,42,56-65,67-98,103-109,113,115-129H,6-39,41,43-52H2,1-5H3,(H,99,110)(H,100,111)(H,101,112)(H,102,114)/b42-40+/t56-,57+,58?,59?,60?,61?,62?,63?,64?,65?,67?,68?,69?,70-,71-,72-,73-,74+,75+,76+,77-,78-,79+,80?,81?,82?,83?,84?,85+,86+,87+,88+,89-,90-,91+,92-,93-,94+,95-,96-,97-,98-/m0/s1. The smallest absolute Gasteiger partial charge is 0.220 e. The largest absolute Gasteiger partial charge is 0.394 e. The van der Waals surface area contributed by atoms with Crippen LogP contribution in [0.25, 0.3) is 0 Å². The summed E-state index contributed by atoms with van der Waals surface area (Å²) in [6.45, 7) is -1.54. The van der Waals surface area contributed by atoms with E-state index in [1.54, 1.807) is 6.08 Å². The lowest BCUT2D eigenvalue weighted by Crippen LogP contribution is -2.71. The van der Waals surface area contributed by atoms with Gasteiger partial charge in [0.25, 0.3) is 0 Å². The quantitative estimate of drug-likeness (QED) is 0.0207. The molecule has 0 saturated carbocycles. The summed E-state index contributed by atoms with van der Waals surface area (Å²) >= 11 is 0. The molecule has 8 rings (SSSR count). The highest BCUT2D eigenvalue weighted by molar-refractivity contribution is 5.76. The van der Waals surface area contributed by atoms with Crippen molar-refractivity contribution in [2.45, 2.75) is 523 Å². The molecule has 846 valence electrons. The van der Waals surface area contributed by atoms with Gasteiger partial charge in [-0.25, -0.2) is 0 Å². The number of hydrogen-bond donors (Lipinski definition) is 27. The second-order valence-corrected chi connectivity index (χ2v) is 39.9. The predicted octanol–water partition coefficient (Wildman–Crippen LogP) is -3.51. The number of ether oxygens (including phenoxy) is 16. The molecule has 8 aliphatic heterocycles. The third kappa shape index (κ3) is 38.3. The molecule has 0 aromatic rings. The zero-order valence-electron chi connectivity index (χ0n) is 84.7. The van der Waals surface area contributed by atoms with Crippen molar-refractivity contribution in [2.75, 3.05) is 59.5 Å². The number of hydrogen-bond acceptors (Lipinski definition) is 43. The van der Waals surface area contributed by atoms with Crippen molar-refractivity contribution in [2.24, 2.45) is 0 Å². The molecule has 8 fully saturated rings. The van der Waals surface area contributed by atoms with Gasteiger partial charge in [0.15, 0.2) is 50.3 Å². The van der Waals surface area contributed by atoms with Crippen LogP contribution in [0.15, 0.2) is 12.2 Å². The predicted molar refractivity (Wildman–Crippen MR) is 508 cm³/mol. The average molecular weight is 2100 g/mol. The van der Waals surface area contributed by atoms with E-state index >= 15 is 0 Å². The summed E-state index contributed by atoms with van der Waals surface area (Å²) in [5.41, 5.74) is 0. The highest BCUT2D eigenvalue weighted by Gasteiger charge is 2.61. The topological polar surface area (TPSA) is 729 Å². The Morgan fingerprint density at radius 3 is 0.890 bits per heavy atom. The van der Waals surface area contributed by atoms with Gasteiger partial charge in [-0.2, -0.15) is 0 Å². The van der Waals surface area contributed by atoms with Gasteiger partial charge in [0.1, 0.15) is 195 Å². The van der Waals surface area contributed by atoms with Gasteiger partial charge in [-0.1, -0.05) is 231 Å². The van der Waals surface area contributed by atoms with E-state index in [9.17, 15) is 137 Å². The summed E-state index contributed by atoms with van der Waals surface area (Å²) < 4.78 is 95.9.